The summed E-state index contributed by atoms with van der Waals surface area (Å²) in [5, 5.41) is 3.90. The molecule has 2 aromatic rings. The molecule has 1 aromatic heterocycles. The molecule has 1 aliphatic rings. The number of hydrogen-bond acceptors (Lipinski definition) is 5. The van der Waals surface area contributed by atoms with Crippen molar-refractivity contribution in [3.05, 3.63) is 45.3 Å². The van der Waals surface area contributed by atoms with Gasteiger partial charge in [-0.3, -0.25) is 4.79 Å². The number of aryl methyl sites for hydroxylation is 1. The van der Waals surface area contributed by atoms with Crippen LogP contribution < -0.4 is 10.1 Å². The van der Waals surface area contributed by atoms with E-state index in [0.29, 0.717) is 27.9 Å². The molecule has 0 saturated carbocycles. The Morgan fingerprint density at radius 3 is 2.85 bits per heavy atom. The van der Waals surface area contributed by atoms with Crippen molar-refractivity contribution < 1.29 is 19.1 Å². The van der Waals surface area contributed by atoms with Gasteiger partial charge in [-0.2, -0.15) is 0 Å². The summed E-state index contributed by atoms with van der Waals surface area (Å²) >= 11 is 7.36. The summed E-state index contributed by atoms with van der Waals surface area (Å²) < 4.78 is 10.7. The summed E-state index contributed by atoms with van der Waals surface area (Å²) in [6.45, 7) is 1.91. The number of fused-ring (bicyclic) bond motifs is 1. The average molecular weight is 394 g/mol. The van der Waals surface area contributed by atoms with E-state index < -0.39 is 0 Å². The second-order valence-electron chi connectivity index (χ2n) is 5.93. The third kappa shape index (κ3) is 4.37. The van der Waals surface area contributed by atoms with Gasteiger partial charge in [0.05, 0.1) is 12.2 Å². The number of anilines is 1. The molecule has 138 valence electrons. The molecule has 1 heterocycles. The Bertz CT molecular complexity index is 818. The van der Waals surface area contributed by atoms with Crippen LogP contribution >= 0.6 is 22.9 Å². The second-order valence-corrected chi connectivity index (χ2v) is 7.47. The molecule has 0 bridgehead atoms. The molecule has 7 heteroatoms. The topological polar surface area (TPSA) is 64.6 Å². The van der Waals surface area contributed by atoms with Crippen molar-refractivity contribution in [2.75, 3.05) is 18.5 Å². The average Bonchev–Trinajstić information content (AvgIpc) is 2.98. The number of halogens is 1. The van der Waals surface area contributed by atoms with E-state index in [2.05, 4.69) is 5.32 Å². The number of amides is 1. The molecule has 1 aliphatic carbocycles. The van der Waals surface area contributed by atoms with Crippen LogP contribution in [0.2, 0.25) is 5.02 Å². The minimum Gasteiger partial charge on any atom is -0.484 e. The smallest absolute Gasteiger partial charge is 0.341 e. The Labute approximate surface area is 161 Å². The molecule has 1 amide bonds. The van der Waals surface area contributed by atoms with Crippen LogP contribution in [0.5, 0.6) is 5.75 Å². The molecule has 5 nitrogen and oxygen atoms in total. The van der Waals surface area contributed by atoms with Crippen molar-refractivity contribution in [3.63, 3.8) is 0 Å². The van der Waals surface area contributed by atoms with Crippen molar-refractivity contribution in [2.45, 2.75) is 32.6 Å². The van der Waals surface area contributed by atoms with Crippen LogP contribution in [0.25, 0.3) is 0 Å². The Kier molecular flexibility index (Phi) is 6.16. The van der Waals surface area contributed by atoms with E-state index in [4.69, 9.17) is 21.1 Å². The molecule has 0 saturated heterocycles. The van der Waals surface area contributed by atoms with Gasteiger partial charge in [-0.05, 0) is 56.4 Å². The number of esters is 1. The first kappa shape index (κ1) is 18.7. The zero-order valence-electron chi connectivity index (χ0n) is 14.5. The van der Waals surface area contributed by atoms with Crippen LogP contribution in [-0.4, -0.2) is 25.1 Å². The molecule has 1 aromatic carbocycles. The van der Waals surface area contributed by atoms with Crippen molar-refractivity contribution in [1.29, 1.82) is 0 Å². The van der Waals surface area contributed by atoms with E-state index >= 15 is 0 Å². The quantitative estimate of drug-likeness (QED) is 0.735. The Hall–Kier alpha value is -2.05. The van der Waals surface area contributed by atoms with E-state index in [9.17, 15) is 9.59 Å². The lowest BCUT2D eigenvalue weighted by molar-refractivity contribution is -0.118. The number of carbonyl (C=O) groups excluding carboxylic acids is 2. The molecule has 0 fully saturated rings. The van der Waals surface area contributed by atoms with Gasteiger partial charge in [-0.15, -0.1) is 11.3 Å². The summed E-state index contributed by atoms with van der Waals surface area (Å²) in [5.41, 5.74) is 1.52. The highest BCUT2D eigenvalue weighted by molar-refractivity contribution is 7.17. The van der Waals surface area contributed by atoms with E-state index in [1.165, 1.54) is 11.3 Å². The van der Waals surface area contributed by atoms with Gasteiger partial charge in [0.2, 0.25) is 0 Å². The van der Waals surface area contributed by atoms with Gasteiger partial charge in [0.15, 0.2) is 6.61 Å². The van der Waals surface area contributed by atoms with Gasteiger partial charge in [0.25, 0.3) is 5.91 Å². The minimum absolute atomic E-state index is 0.162. The van der Waals surface area contributed by atoms with Gasteiger partial charge in [-0.25, -0.2) is 4.79 Å². The predicted molar refractivity (Wildman–Crippen MR) is 102 cm³/mol. The third-order valence-corrected chi connectivity index (χ3v) is 5.51. The first-order valence-electron chi connectivity index (χ1n) is 8.58. The zero-order chi connectivity index (χ0) is 18.5. The molecule has 26 heavy (non-hydrogen) atoms. The predicted octanol–water partition coefficient (Wildman–Crippen LogP) is 4.47. The highest BCUT2D eigenvalue weighted by atomic mass is 35.5. The molecule has 3 rings (SSSR count). The molecule has 0 atom stereocenters. The fourth-order valence-electron chi connectivity index (χ4n) is 2.94. The van der Waals surface area contributed by atoms with Gasteiger partial charge < -0.3 is 14.8 Å². The molecule has 1 N–H and O–H groups in total. The van der Waals surface area contributed by atoms with Gasteiger partial charge in [0.1, 0.15) is 10.8 Å². The first-order chi connectivity index (χ1) is 12.6. The van der Waals surface area contributed by atoms with E-state index in [0.717, 1.165) is 36.1 Å². The number of hydrogen-bond donors (Lipinski definition) is 1. The van der Waals surface area contributed by atoms with Crippen LogP contribution in [0.4, 0.5) is 5.00 Å². The number of thiophene rings is 1. The third-order valence-electron chi connectivity index (χ3n) is 4.07. The summed E-state index contributed by atoms with van der Waals surface area (Å²) in [6.07, 6.45) is 3.92. The molecule has 0 aliphatic heterocycles. The van der Waals surface area contributed by atoms with Crippen molar-refractivity contribution in [2.24, 2.45) is 0 Å². The minimum atomic E-state index is -0.377. The SMILES string of the molecule is CCOC(=O)c1c(NC(=O)COc2cccc(Cl)c2)sc2c1CCCC2. The van der Waals surface area contributed by atoms with Gasteiger partial charge in [-0.1, -0.05) is 17.7 Å². The number of benzene rings is 1. The van der Waals surface area contributed by atoms with Crippen LogP contribution in [0.3, 0.4) is 0 Å². The van der Waals surface area contributed by atoms with E-state index in [-0.39, 0.29) is 18.5 Å². The highest BCUT2D eigenvalue weighted by Gasteiger charge is 2.27. The van der Waals surface area contributed by atoms with Crippen LogP contribution in [0.1, 0.15) is 40.6 Å². The standard InChI is InChI=1S/C19H20ClNO4S/c1-2-24-19(23)17-14-8-3-4-9-15(14)26-18(17)21-16(22)11-25-13-7-5-6-12(20)10-13/h5-7,10H,2-4,8-9,11H2,1H3,(H,21,22). The maximum absolute atomic E-state index is 12.4. The summed E-state index contributed by atoms with van der Waals surface area (Å²) in [5.74, 6) is -0.184. The van der Waals surface area contributed by atoms with Crippen LogP contribution in [-0.2, 0) is 22.4 Å². The van der Waals surface area contributed by atoms with E-state index in [1.54, 1.807) is 31.2 Å². The fourth-order valence-corrected chi connectivity index (χ4v) is 4.42. The lowest BCUT2D eigenvalue weighted by Gasteiger charge is -2.12. The molecule has 0 unspecified atom stereocenters. The fraction of sp³-hybridized carbons (Fsp3) is 0.368. The maximum atomic E-state index is 12.4. The van der Waals surface area contributed by atoms with Crippen LogP contribution in [0.15, 0.2) is 24.3 Å². The number of ether oxygens (including phenoxy) is 2. The second kappa shape index (κ2) is 8.56. The van der Waals surface area contributed by atoms with Crippen molar-refractivity contribution in [1.82, 2.24) is 0 Å². The van der Waals surface area contributed by atoms with Crippen LogP contribution in [0, 0.1) is 0 Å². The van der Waals surface area contributed by atoms with Gasteiger partial charge >= 0.3 is 5.97 Å². The lowest BCUT2D eigenvalue weighted by atomic mass is 9.95. The molecule has 0 radical (unpaired) electrons. The van der Waals surface area contributed by atoms with Crippen molar-refractivity contribution in [3.8, 4) is 5.75 Å². The van der Waals surface area contributed by atoms with Crippen molar-refractivity contribution >= 4 is 39.8 Å². The normalized spacial score (nSPS) is 13.0. The highest BCUT2D eigenvalue weighted by Crippen LogP contribution is 2.38. The monoisotopic (exact) mass is 393 g/mol. The molecular weight excluding hydrogens is 374 g/mol. The Morgan fingerprint density at radius 2 is 2.08 bits per heavy atom. The van der Waals surface area contributed by atoms with E-state index in [1.807, 2.05) is 0 Å². The number of rotatable bonds is 6. The number of nitrogens with one attached hydrogen (secondary N) is 1. The maximum Gasteiger partial charge on any atom is 0.341 e. The first-order valence-corrected chi connectivity index (χ1v) is 9.77. The number of carbonyl (C=O) groups is 2. The molecule has 0 spiro atoms. The Morgan fingerprint density at radius 1 is 1.27 bits per heavy atom. The summed E-state index contributed by atoms with van der Waals surface area (Å²) in [7, 11) is 0. The summed E-state index contributed by atoms with van der Waals surface area (Å²) in [4.78, 5) is 25.8. The van der Waals surface area contributed by atoms with Gasteiger partial charge in [0, 0.05) is 9.90 Å². The molecular formula is C19H20ClNO4S. The zero-order valence-corrected chi connectivity index (χ0v) is 16.0. The Balaban J connectivity index is 1.73. The lowest BCUT2D eigenvalue weighted by Crippen LogP contribution is -2.21. The largest absolute Gasteiger partial charge is 0.484 e. The summed E-state index contributed by atoms with van der Waals surface area (Å²) in [6, 6.07) is 6.85.